The first-order valence-electron chi connectivity index (χ1n) is 11.7. The van der Waals surface area contributed by atoms with Gasteiger partial charge in [-0.25, -0.2) is 9.97 Å². The molecule has 2 aliphatic carbocycles. The molecule has 6 rings (SSSR count). The molecule has 1 amide bonds. The SMILES string of the molecule is O=C(c1ccccn1)N(Cc1cc(-c2ccc3ncnc(NC4CC4)c3c2)ccc1Cl)C1CC1. The molecule has 0 aliphatic heterocycles. The number of nitrogens with one attached hydrogen (secondary N) is 1. The molecule has 2 fully saturated rings. The van der Waals surface area contributed by atoms with Crippen molar-refractivity contribution in [1.82, 2.24) is 19.9 Å². The molecule has 2 aliphatic rings. The molecular weight excluding hydrogens is 446 g/mol. The standard InChI is InChI=1S/C27H24ClN5O/c28-23-10-4-17(18-5-11-24-22(14-18)26(31-16-30-24)32-20-6-7-20)13-19(23)15-33(21-8-9-21)27(34)25-3-1-2-12-29-25/h1-5,10-14,16,20-21H,6-9,15H2,(H,30,31,32). The van der Waals surface area contributed by atoms with Gasteiger partial charge >= 0.3 is 0 Å². The average molecular weight is 470 g/mol. The lowest BCUT2D eigenvalue weighted by Crippen LogP contribution is -2.33. The number of halogens is 1. The van der Waals surface area contributed by atoms with E-state index in [4.69, 9.17) is 11.6 Å². The molecule has 0 bridgehead atoms. The molecule has 2 heterocycles. The summed E-state index contributed by atoms with van der Waals surface area (Å²) in [5, 5.41) is 5.17. The van der Waals surface area contributed by atoms with E-state index in [0.29, 0.717) is 23.3 Å². The third-order valence-corrected chi connectivity index (χ3v) is 6.77. The minimum Gasteiger partial charge on any atom is -0.367 e. The molecule has 0 radical (unpaired) electrons. The van der Waals surface area contributed by atoms with Gasteiger partial charge in [-0.1, -0.05) is 29.8 Å². The van der Waals surface area contributed by atoms with Crippen LogP contribution in [0.5, 0.6) is 0 Å². The predicted molar refractivity (Wildman–Crippen MR) is 134 cm³/mol. The monoisotopic (exact) mass is 469 g/mol. The lowest BCUT2D eigenvalue weighted by Gasteiger charge is -2.23. The van der Waals surface area contributed by atoms with Gasteiger partial charge < -0.3 is 10.2 Å². The summed E-state index contributed by atoms with van der Waals surface area (Å²) in [6.07, 6.45) is 7.65. The van der Waals surface area contributed by atoms with Crippen LogP contribution in [0.15, 0.2) is 67.1 Å². The second kappa shape index (κ2) is 8.69. The number of anilines is 1. The van der Waals surface area contributed by atoms with Crippen molar-refractivity contribution in [1.29, 1.82) is 0 Å². The number of aromatic nitrogens is 3. The predicted octanol–water partition coefficient (Wildman–Crippen LogP) is 5.72. The second-order valence-electron chi connectivity index (χ2n) is 9.06. The van der Waals surface area contributed by atoms with Crippen molar-refractivity contribution in [2.75, 3.05) is 5.32 Å². The van der Waals surface area contributed by atoms with Gasteiger partial charge in [0.2, 0.25) is 0 Å². The minimum atomic E-state index is -0.0526. The maximum absolute atomic E-state index is 13.2. The number of amides is 1. The average Bonchev–Trinajstić information content (AvgIpc) is 3.79. The summed E-state index contributed by atoms with van der Waals surface area (Å²) in [7, 11) is 0. The van der Waals surface area contributed by atoms with Crippen molar-refractivity contribution >= 4 is 34.2 Å². The Hall–Kier alpha value is -3.51. The molecule has 4 aromatic rings. The van der Waals surface area contributed by atoms with Crippen molar-refractivity contribution < 1.29 is 4.79 Å². The molecule has 6 nitrogen and oxygen atoms in total. The van der Waals surface area contributed by atoms with Crippen LogP contribution in [-0.4, -0.2) is 37.8 Å². The zero-order valence-corrected chi connectivity index (χ0v) is 19.4. The molecule has 2 aromatic heterocycles. The second-order valence-corrected chi connectivity index (χ2v) is 9.47. The van der Waals surface area contributed by atoms with Crippen LogP contribution in [0.4, 0.5) is 5.82 Å². The van der Waals surface area contributed by atoms with Gasteiger partial charge in [0.05, 0.1) is 5.52 Å². The van der Waals surface area contributed by atoms with Crippen LogP contribution < -0.4 is 5.32 Å². The van der Waals surface area contributed by atoms with E-state index < -0.39 is 0 Å². The van der Waals surface area contributed by atoms with Gasteiger partial charge in [0.1, 0.15) is 17.8 Å². The van der Waals surface area contributed by atoms with Crippen LogP contribution in [0.3, 0.4) is 0 Å². The van der Waals surface area contributed by atoms with Crippen molar-refractivity contribution in [3.63, 3.8) is 0 Å². The first kappa shape index (κ1) is 21.1. The highest BCUT2D eigenvalue weighted by Crippen LogP contribution is 2.34. The Labute approximate surface area is 203 Å². The molecule has 170 valence electrons. The fourth-order valence-corrected chi connectivity index (χ4v) is 4.40. The summed E-state index contributed by atoms with van der Waals surface area (Å²) in [6, 6.07) is 18.4. The van der Waals surface area contributed by atoms with Crippen LogP contribution >= 0.6 is 11.6 Å². The van der Waals surface area contributed by atoms with Crippen molar-refractivity contribution in [2.24, 2.45) is 0 Å². The molecular formula is C27H24ClN5O. The minimum absolute atomic E-state index is 0.0526. The number of carbonyl (C=O) groups is 1. The molecule has 0 saturated heterocycles. The summed E-state index contributed by atoms with van der Waals surface area (Å²) in [6.45, 7) is 0.456. The number of nitrogens with zero attached hydrogens (tertiary/aromatic N) is 4. The van der Waals surface area contributed by atoms with E-state index in [1.54, 1.807) is 18.6 Å². The fourth-order valence-electron chi connectivity index (χ4n) is 4.22. The molecule has 34 heavy (non-hydrogen) atoms. The van der Waals surface area contributed by atoms with Crippen LogP contribution in [0.2, 0.25) is 5.02 Å². The Morgan fingerprint density at radius 2 is 1.79 bits per heavy atom. The number of carbonyl (C=O) groups excluding carboxylic acids is 1. The van der Waals surface area contributed by atoms with Gasteiger partial charge in [0, 0.05) is 35.2 Å². The smallest absolute Gasteiger partial charge is 0.272 e. The molecule has 7 heteroatoms. The largest absolute Gasteiger partial charge is 0.367 e. The zero-order chi connectivity index (χ0) is 23.1. The van der Waals surface area contributed by atoms with Crippen LogP contribution in [-0.2, 0) is 6.54 Å². The van der Waals surface area contributed by atoms with Gasteiger partial charge in [-0.2, -0.15) is 0 Å². The Morgan fingerprint density at radius 3 is 2.56 bits per heavy atom. The summed E-state index contributed by atoms with van der Waals surface area (Å²) < 4.78 is 0. The highest BCUT2D eigenvalue weighted by Gasteiger charge is 2.34. The molecule has 2 saturated carbocycles. The number of pyridine rings is 1. The Kier molecular flexibility index (Phi) is 5.38. The molecule has 1 N–H and O–H groups in total. The van der Waals surface area contributed by atoms with E-state index in [1.807, 2.05) is 35.2 Å². The lowest BCUT2D eigenvalue weighted by molar-refractivity contribution is 0.0724. The molecule has 0 spiro atoms. The van der Waals surface area contributed by atoms with Gasteiger partial charge in [0.15, 0.2) is 0 Å². The highest BCUT2D eigenvalue weighted by molar-refractivity contribution is 6.31. The summed E-state index contributed by atoms with van der Waals surface area (Å²) >= 11 is 6.60. The number of rotatable bonds is 7. The van der Waals surface area contributed by atoms with E-state index in [1.165, 1.54) is 12.8 Å². The van der Waals surface area contributed by atoms with E-state index in [-0.39, 0.29) is 11.9 Å². The summed E-state index contributed by atoms with van der Waals surface area (Å²) in [5.41, 5.74) is 4.41. The van der Waals surface area contributed by atoms with Crippen molar-refractivity contribution in [3.8, 4) is 11.1 Å². The topological polar surface area (TPSA) is 71.0 Å². The maximum atomic E-state index is 13.2. The Bertz CT molecular complexity index is 1370. The van der Waals surface area contributed by atoms with Crippen LogP contribution in [0.1, 0.15) is 41.7 Å². The lowest BCUT2D eigenvalue weighted by atomic mass is 10.0. The van der Waals surface area contributed by atoms with E-state index in [9.17, 15) is 4.79 Å². The van der Waals surface area contributed by atoms with Gasteiger partial charge in [-0.3, -0.25) is 9.78 Å². The normalized spacial score (nSPS) is 15.3. The van der Waals surface area contributed by atoms with Crippen molar-refractivity contribution in [2.45, 2.75) is 44.3 Å². The molecule has 2 aromatic carbocycles. The van der Waals surface area contributed by atoms with E-state index in [2.05, 4.69) is 38.5 Å². The number of hydrogen-bond donors (Lipinski definition) is 1. The van der Waals surface area contributed by atoms with Crippen LogP contribution in [0, 0.1) is 0 Å². The first-order chi connectivity index (χ1) is 16.7. The Morgan fingerprint density at radius 1 is 0.971 bits per heavy atom. The van der Waals surface area contributed by atoms with Gasteiger partial charge in [0.25, 0.3) is 5.91 Å². The van der Waals surface area contributed by atoms with E-state index in [0.717, 1.165) is 46.3 Å². The first-order valence-corrected chi connectivity index (χ1v) is 12.1. The van der Waals surface area contributed by atoms with Crippen LogP contribution in [0.25, 0.3) is 22.0 Å². The van der Waals surface area contributed by atoms with Gasteiger partial charge in [-0.15, -0.1) is 0 Å². The number of fused-ring (bicyclic) bond motifs is 1. The third kappa shape index (κ3) is 4.33. The number of benzene rings is 2. The quantitative estimate of drug-likeness (QED) is 0.374. The van der Waals surface area contributed by atoms with Crippen molar-refractivity contribution in [3.05, 3.63) is 83.4 Å². The third-order valence-electron chi connectivity index (χ3n) is 6.41. The fraction of sp³-hybridized carbons (Fsp3) is 0.259. The number of hydrogen-bond acceptors (Lipinski definition) is 5. The molecule has 0 atom stereocenters. The highest BCUT2D eigenvalue weighted by atomic mass is 35.5. The van der Waals surface area contributed by atoms with E-state index >= 15 is 0 Å². The Balaban J connectivity index is 1.32. The zero-order valence-electron chi connectivity index (χ0n) is 18.6. The summed E-state index contributed by atoms with van der Waals surface area (Å²) in [5.74, 6) is 0.826. The maximum Gasteiger partial charge on any atom is 0.272 e. The summed E-state index contributed by atoms with van der Waals surface area (Å²) in [4.78, 5) is 28.2. The van der Waals surface area contributed by atoms with Gasteiger partial charge in [-0.05, 0) is 78.8 Å². The molecule has 0 unspecified atom stereocenters.